The molecule has 0 fully saturated rings. The van der Waals surface area contributed by atoms with E-state index in [1.54, 1.807) is 12.4 Å². The van der Waals surface area contributed by atoms with Gasteiger partial charge < -0.3 is 10.1 Å². The third-order valence-corrected chi connectivity index (χ3v) is 2.74. The molecule has 3 aromatic rings. The predicted molar refractivity (Wildman–Crippen MR) is 66.3 cm³/mol. The molecule has 4 nitrogen and oxygen atoms in total. The van der Waals surface area contributed by atoms with Gasteiger partial charge in [0.1, 0.15) is 5.65 Å². The van der Waals surface area contributed by atoms with Crippen molar-refractivity contribution in [1.82, 2.24) is 14.4 Å². The van der Waals surface area contributed by atoms with Crippen LogP contribution in [-0.4, -0.2) is 14.4 Å². The molecule has 0 aliphatic rings. The van der Waals surface area contributed by atoms with Crippen molar-refractivity contribution >= 4 is 5.65 Å². The van der Waals surface area contributed by atoms with Gasteiger partial charge in [0.05, 0.1) is 5.69 Å². The van der Waals surface area contributed by atoms with Gasteiger partial charge in [0, 0.05) is 36.9 Å². The van der Waals surface area contributed by atoms with Crippen molar-refractivity contribution in [3.05, 3.63) is 54.6 Å². The van der Waals surface area contributed by atoms with Crippen molar-refractivity contribution < 1.29 is 0 Å². The molecule has 2 N–H and O–H groups in total. The molecule has 0 unspecified atom stereocenters. The monoisotopic (exact) mass is 224 g/mol. The fraction of sp³-hybridized carbons (Fsp3) is 0.0769. The summed E-state index contributed by atoms with van der Waals surface area (Å²) in [6.45, 7) is 0.536. The van der Waals surface area contributed by atoms with Crippen molar-refractivity contribution in [2.45, 2.75) is 6.54 Å². The van der Waals surface area contributed by atoms with Crippen LogP contribution in [0.15, 0.2) is 49.1 Å². The largest absolute Gasteiger partial charge is 0.326 e. The van der Waals surface area contributed by atoms with Gasteiger partial charge in [-0.3, -0.25) is 4.98 Å². The second-order valence-electron chi connectivity index (χ2n) is 3.87. The van der Waals surface area contributed by atoms with Gasteiger partial charge >= 0.3 is 0 Å². The van der Waals surface area contributed by atoms with Gasteiger partial charge in [-0.25, -0.2) is 4.98 Å². The second-order valence-corrected chi connectivity index (χ2v) is 3.87. The van der Waals surface area contributed by atoms with Crippen LogP contribution in [0.25, 0.3) is 16.9 Å². The molecule has 0 spiro atoms. The molecule has 0 atom stereocenters. The molecule has 3 rings (SSSR count). The van der Waals surface area contributed by atoms with Crippen LogP contribution in [-0.2, 0) is 6.54 Å². The average molecular weight is 224 g/mol. The van der Waals surface area contributed by atoms with Crippen LogP contribution in [0.1, 0.15) is 5.56 Å². The highest BCUT2D eigenvalue weighted by Gasteiger charge is 2.04. The maximum atomic E-state index is 5.61. The number of rotatable bonds is 2. The Labute approximate surface area is 98.8 Å². The Balaban J connectivity index is 2.14. The predicted octanol–water partition coefficient (Wildman–Crippen LogP) is 1.85. The number of aromatic nitrogens is 3. The van der Waals surface area contributed by atoms with Gasteiger partial charge in [-0.1, -0.05) is 0 Å². The van der Waals surface area contributed by atoms with E-state index in [-0.39, 0.29) is 0 Å². The maximum absolute atomic E-state index is 5.61. The highest BCUT2D eigenvalue weighted by Crippen LogP contribution is 2.18. The minimum Gasteiger partial charge on any atom is -0.326 e. The Morgan fingerprint density at radius 2 is 2.00 bits per heavy atom. The molecule has 4 heteroatoms. The molecule has 3 heterocycles. The zero-order chi connectivity index (χ0) is 11.7. The Morgan fingerprint density at radius 3 is 2.76 bits per heavy atom. The van der Waals surface area contributed by atoms with Crippen molar-refractivity contribution in [2.24, 2.45) is 5.73 Å². The molecule has 0 radical (unpaired) electrons. The van der Waals surface area contributed by atoms with Gasteiger partial charge in [-0.15, -0.1) is 0 Å². The Bertz CT molecular complexity index is 643. The smallest absolute Gasteiger partial charge is 0.137 e. The van der Waals surface area contributed by atoms with Gasteiger partial charge in [0.25, 0.3) is 0 Å². The lowest BCUT2D eigenvalue weighted by Gasteiger charge is -1.96. The Hall–Kier alpha value is -2.20. The minimum absolute atomic E-state index is 0.536. The third-order valence-electron chi connectivity index (χ3n) is 2.74. The molecule has 0 amide bonds. The summed E-state index contributed by atoms with van der Waals surface area (Å²) in [4.78, 5) is 8.57. The van der Waals surface area contributed by atoms with Crippen LogP contribution in [0.5, 0.6) is 0 Å². The summed E-state index contributed by atoms with van der Waals surface area (Å²) < 4.78 is 1.99. The normalized spacial score (nSPS) is 10.9. The summed E-state index contributed by atoms with van der Waals surface area (Å²) in [5, 5.41) is 0. The maximum Gasteiger partial charge on any atom is 0.137 e. The number of fused-ring (bicyclic) bond motifs is 1. The summed E-state index contributed by atoms with van der Waals surface area (Å²) in [6.07, 6.45) is 7.52. The van der Waals surface area contributed by atoms with E-state index in [1.807, 2.05) is 41.1 Å². The van der Waals surface area contributed by atoms with Gasteiger partial charge in [-0.2, -0.15) is 0 Å². The molecule has 0 aliphatic carbocycles. The number of hydrogen-bond acceptors (Lipinski definition) is 3. The van der Waals surface area contributed by atoms with Gasteiger partial charge in [0.15, 0.2) is 0 Å². The average Bonchev–Trinajstić information content (AvgIpc) is 2.82. The summed E-state index contributed by atoms with van der Waals surface area (Å²) in [5.74, 6) is 0. The van der Waals surface area contributed by atoms with Crippen LogP contribution in [0.2, 0.25) is 0 Å². The molecule has 17 heavy (non-hydrogen) atoms. The summed E-state index contributed by atoms with van der Waals surface area (Å²) in [5.41, 5.74) is 9.63. The molecule has 0 saturated carbocycles. The lowest BCUT2D eigenvalue weighted by molar-refractivity contribution is 1.05. The van der Waals surface area contributed by atoms with Gasteiger partial charge in [-0.05, 0) is 29.8 Å². The van der Waals surface area contributed by atoms with E-state index >= 15 is 0 Å². The van der Waals surface area contributed by atoms with E-state index in [0.717, 1.165) is 22.5 Å². The quantitative estimate of drug-likeness (QED) is 0.722. The number of nitrogens with zero attached hydrogens (tertiary/aromatic N) is 3. The zero-order valence-electron chi connectivity index (χ0n) is 9.24. The summed E-state index contributed by atoms with van der Waals surface area (Å²) in [6, 6.07) is 7.91. The third kappa shape index (κ3) is 1.79. The molecule has 0 aliphatic heterocycles. The highest BCUT2D eigenvalue weighted by molar-refractivity contribution is 5.62. The van der Waals surface area contributed by atoms with E-state index in [0.29, 0.717) is 6.54 Å². The lowest BCUT2D eigenvalue weighted by atomic mass is 10.2. The first-order valence-electron chi connectivity index (χ1n) is 5.45. The lowest BCUT2D eigenvalue weighted by Crippen LogP contribution is -1.96. The first-order valence-corrected chi connectivity index (χ1v) is 5.45. The fourth-order valence-electron chi connectivity index (χ4n) is 1.81. The van der Waals surface area contributed by atoms with Crippen LogP contribution >= 0.6 is 0 Å². The van der Waals surface area contributed by atoms with Gasteiger partial charge in [0.2, 0.25) is 0 Å². The van der Waals surface area contributed by atoms with Crippen molar-refractivity contribution in [2.75, 3.05) is 0 Å². The van der Waals surface area contributed by atoms with E-state index in [1.165, 1.54) is 0 Å². The molecule has 3 aromatic heterocycles. The number of pyridine rings is 2. The van der Waals surface area contributed by atoms with Crippen LogP contribution < -0.4 is 5.73 Å². The Morgan fingerprint density at radius 1 is 1.18 bits per heavy atom. The molecule has 0 saturated heterocycles. The van der Waals surface area contributed by atoms with E-state index in [9.17, 15) is 0 Å². The van der Waals surface area contributed by atoms with Crippen molar-refractivity contribution in [1.29, 1.82) is 0 Å². The van der Waals surface area contributed by atoms with Crippen LogP contribution in [0.4, 0.5) is 0 Å². The summed E-state index contributed by atoms with van der Waals surface area (Å²) >= 11 is 0. The Kier molecular flexibility index (Phi) is 2.34. The number of hydrogen-bond donors (Lipinski definition) is 1. The first kappa shape index (κ1) is 9.99. The van der Waals surface area contributed by atoms with Crippen LogP contribution in [0.3, 0.4) is 0 Å². The molecule has 0 bridgehead atoms. The van der Waals surface area contributed by atoms with Crippen molar-refractivity contribution in [3.63, 3.8) is 0 Å². The first-order chi connectivity index (χ1) is 8.36. The zero-order valence-corrected chi connectivity index (χ0v) is 9.24. The molecular formula is C13H12N4. The molecule has 0 aromatic carbocycles. The topological polar surface area (TPSA) is 56.2 Å². The van der Waals surface area contributed by atoms with E-state index < -0.39 is 0 Å². The second kappa shape index (κ2) is 3.99. The van der Waals surface area contributed by atoms with E-state index in [4.69, 9.17) is 5.73 Å². The summed E-state index contributed by atoms with van der Waals surface area (Å²) in [7, 11) is 0. The fourth-order valence-corrected chi connectivity index (χ4v) is 1.81. The number of imidazole rings is 1. The van der Waals surface area contributed by atoms with Crippen molar-refractivity contribution in [3.8, 4) is 11.3 Å². The standard InChI is InChI=1S/C13H12N4/c14-8-10-3-6-17-9-12(16-13(17)7-10)11-1-4-15-5-2-11/h1-7,9H,8,14H2. The van der Waals surface area contributed by atoms with Crippen LogP contribution in [0, 0.1) is 0 Å². The molecular weight excluding hydrogens is 212 g/mol. The number of nitrogens with two attached hydrogens (primary N) is 1. The van der Waals surface area contributed by atoms with E-state index in [2.05, 4.69) is 9.97 Å². The molecule has 84 valence electrons. The minimum atomic E-state index is 0.536. The SMILES string of the molecule is NCc1ccn2cc(-c3ccncc3)nc2c1. The highest BCUT2D eigenvalue weighted by atomic mass is 15.0.